The standard InChI is InChI=1S/C19H22N4O2/c1-21-10-8-20-17(21)13-22-9-7-19-16(22)11-18(24)23(19)12-15(25-19)14-5-3-2-4-6-14/h2-6,8,10,15-16H,7,9,11-13H2,1H3/t15-,16-,19+/m1/s1. The maximum absolute atomic E-state index is 12.7. The largest absolute Gasteiger partial charge is 0.344 e. The third-order valence-electron chi connectivity index (χ3n) is 5.98. The van der Waals surface area contributed by atoms with E-state index in [1.807, 2.05) is 47.1 Å². The lowest BCUT2D eigenvalue weighted by Gasteiger charge is -2.32. The number of nitrogens with zero attached hydrogens (tertiary/aromatic N) is 4. The van der Waals surface area contributed by atoms with E-state index in [-0.39, 0.29) is 18.1 Å². The average molecular weight is 338 g/mol. The third-order valence-corrected chi connectivity index (χ3v) is 5.98. The Morgan fingerprint density at radius 2 is 2.16 bits per heavy atom. The van der Waals surface area contributed by atoms with Crippen molar-refractivity contribution in [3.63, 3.8) is 0 Å². The van der Waals surface area contributed by atoms with Gasteiger partial charge in [0.05, 0.1) is 19.1 Å². The van der Waals surface area contributed by atoms with Gasteiger partial charge in [-0.25, -0.2) is 4.98 Å². The van der Waals surface area contributed by atoms with Crippen LogP contribution in [0, 0.1) is 0 Å². The first-order chi connectivity index (χ1) is 12.2. The van der Waals surface area contributed by atoms with Crippen molar-refractivity contribution in [1.82, 2.24) is 19.4 Å². The minimum atomic E-state index is -0.456. The van der Waals surface area contributed by atoms with Crippen LogP contribution in [0.4, 0.5) is 0 Å². The quantitative estimate of drug-likeness (QED) is 0.855. The van der Waals surface area contributed by atoms with E-state index in [0.717, 1.165) is 30.9 Å². The fourth-order valence-corrected chi connectivity index (χ4v) is 4.67. The summed E-state index contributed by atoms with van der Waals surface area (Å²) in [6.07, 6.45) is 5.18. The molecule has 0 N–H and O–H groups in total. The number of imidazole rings is 1. The Hall–Kier alpha value is -2.18. The number of aromatic nitrogens is 2. The molecule has 0 radical (unpaired) electrons. The van der Waals surface area contributed by atoms with Crippen LogP contribution < -0.4 is 0 Å². The molecule has 1 aromatic carbocycles. The number of amides is 1. The number of ether oxygens (including phenoxy) is 1. The topological polar surface area (TPSA) is 50.6 Å². The second kappa shape index (κ2) is 5.41. The van der Waals surface area contributed by atoms with Crippen molar-refractivity contribution in [2.24, 2.45) is 7.05 Å². The van der Waals surface area contributed by atoms with Gasteiger partial charge in [0.25, 0.3) is 0 Å². The molecule has 4 heterocycles. The Kier molecular flexibility index (Phi) is 3.27. The van der Waals surface area contributed by atoms with E-state index in [0.29, 0.717) is 13.0 Å². The molecule has 3 aliphatic rings. The molecular formula is C19H22N4O2. The van der Waals surface area contributed by atoms with Gasteiger partial charge in [-0.15, -0.1) is 0 Å². The van der Waals surface area contributed by atoms with Gasteiger partial charge in [0.1, 0.15) is 11.9 Å². The minimum Gasteiger partial charge on any atom is -0.344 e. The van der Waals surface area contributed by atoms with E-state index in [4.69, 9.17) is 4.74 Å². The molecule has 25 heavy (non-hydrogen) atoms. The number of carbonyl (C=O) groups excluding carboxylic acids is 1. The summed E-state index contributed by atoms with van der Waals surface area (Å²) in [6.45, 7) is 2.36. The molecule has 1 amide bonds. The van der Waals surface area contributed by atoms with Gasteiger partial charge in [-0.3, -0.25) is 9.69 Å². The number of rotatable bonds is 3. The molecule has 3 fully saturated rings. The Balaban J connectivity index is 1.42. The van der Waals surface area contributed by atoms with Gasteiger partial charge >= 0.3 is 0 Å². The molecule has 6 heteroatoms. The molecule has 1 aromatic heterocycles. The highest BCUT2D eigenvalue weighted by molar-refractivity contribution is 5.81. The van der Waals surface area contributed by atoms with Gasteiger partial charge in [-0.05, 0) is 5.56 Å². The van der Waals surface area contributed by atoms with Gasteiger partial charge in [-0.1, -0.05) is 30.3 Å². The summed E-state index contributed by atoms with van der Waals surface area (Å²) >= 11 is 0. The summed E-state index contributed by atoms with van der Waals surface area (Å²) in [4.78, 5) is 21.5. The summed E-state index contributed by atoms with van der Waals surface area (Å²) in [7, 11) is 2.01. The summed E-state index contributed by atoms with van der Waals surface area (Å²) < 4.78 is 8.61. The van der Waals surface area contributed by atoms with Crippen LogP contribution in [0.15, 0.2) is 42.7 Å². The van der Waals surface area contributed by atoms with Gasteiger partial charge < -0.3 is 14.2 Å². The number of hydrogen-bond acceptors (Lipinski definition) is 4. The Morgan fingerprint density at radius 1 is 1.32 bits per heavy atom. The molecule has 6 nitrogen and oxygen atoms in total. The Morgan fingerprint density at radius 3 is 2.92 bits per heavy atom. The first-order valence-corrected chi connectivity index (χ1v) is 8.91. The summed E-state index contributed by atoms with van der Waals surface area (Å²) in [5.41, 5.74) is 0.698. The Bertz CT molecular complexity index is 805. The molecule has 0 saturated carbocycles. The van der Waals surface area contributed by atoms with Crippen molar-refractivity contribution in [1.29, 1.82) is 0 Å². The lowest BCUT2D eigenvalue weighted by Crippen LogP contribution is -2.47. The zero-order valence-corrected chi connectivity index (χ0v) is 14.3. The third kappa shape index (κ3) is 2.17. The van der Waals surface area contributed by atoms with Crippen LogP contribution in [0.3, 0.4) is 0 Å². The van der Waals surface area contributed by atoms with E-state index in [1.165, 1.54) is 0 Å². The highest BCUT2D eigenvalue weighted by Crippen LogP contribution is 2.50. The van der Waals surface area contributed by atoms with Gasteiger partial charge in [0, 0.05) is 38.8 Å². The summed E-state index contributed by atoms with van der Waals surface area (Å²) in [5, 5.41) is 0. The van der Waals surface area contributed by atoms with Crippen LogP contribution in [0.25, 0.3) is 0 Å². The molecule has 3 aliphatic heterocycles. The average Bonchev–Trinajstić information content (AvgIpc) is 3.34. The summed E-state index contributed by atoms with van der Waals surface area (Å²) in [5.74, 6) is 1.24. The summed E-state index contributed by atoms with van der Waals surface area (Å²) in [6, 6.07) is 10.4. The molecule has 2 aromatic rings. The molecule has 0 bridgehead atoms. The van der Waals surface area contributed by atoms with Crippen LogP contribution in [-0.4, -0.2) is 50.1 Å². The van der Waals surface area contributed by atoms with E-state index in [2.05, 4.69) is 22.0 Å². The molecular weight excluding hydrogens is 316 g/mol. The maximum Gasteiger partial charge on any atom is 0.226 e. The highest BCUT2D eigenvalue weighted by Gasteiger charge is 2.63. The molecule has 1 spiro atoms. The molecule has 3 saturated heterocycles. The minimum absolute atomic E-state index is 0.0268. The number of hydrogen-bond donors (Lipinski definition) is 0. The zero-order valence-electron chi connectivity index (χ0n) is 14.3. The van der Waals surface area contributed by atoms with E-state index >= 15 is 0 Å². The fourth-order valence-electron chi connectivity index (χ4n) is 4.67. The lowest BCUT2D eigenvalue weighted by atomic mass is 10.1. The number of carbonyl (C=O) groups is 1. The van der Waals surface area contributed by atoms with Crippen molar-refractivity contribution in [2.75, 3.05) is 13.1 Å². The molecule has 3 atom stereocenters. The maximum atomic E-state index is 12.7. The number of likely N-dealkylation sites (tertiary alicyclic amines) is 1. The number of aryl methyl sites for hydroxylation is 1. The zero-order chi connectivity index (χ0) is 17.0. The Labute approximate surface area is 147 Å². The predicted molar refractivity (Wildman–Crippen MR) is 91.4 cm³/mol. The normalized spacial score (nSPS) is 31.6. The molecule has 0 aliphatic carbocycles. The number of benzene rings is 1. The van der Waals surface area contributed by atoms with E-state index < -0.39 is 5.72 Å². The van der Waals surface area contributed by atoms with Crippen molar-refractivity contribution in [3.8, 4) is 0 Å². The van der Waals surface area contributed by atoms with E-state index in [9.17, 15) is 4.79 Å². The lowest BCUT2D eigenvalue weighted by molar-refractivity contribution is -0.138. The van der Waals surface area contributed by atoms with Crippen LogP contribution >= 0.6 is 0 Å². The van der Waals surface area contributed by atoms with Crippen molar-refractivity contribution in [3.05, 3.63) is 54.1 Å². The van der Waals surface area contributed by atoms with Crippen LogP contribution in [0.2, 0.25) is 0 Å². The molecule has 130 valence electrons. The van der Waals surface area contributed by atoms with Gasteiger partial charge in [0.2, 0.25) is 5.91 Å². The fraction of sp³-hybridized carbons (Fsp3) is 0.474. The monoisotopic (exact) mass is 338 g/mol. The first-order valence-electron chi connectivity index (χ1n) is 8.91. The van der Waals surface area contributed by atoms with Crippen molar-refractivity contribution in [2.45, 2.75) is 37.3 Å². The second-order valence-corrected chi connectivity index (χ2v) is 7.26. The highest BCUT2D eigenvalue weighted by atomic mass is 16.5. The molecule has 0 unspecified atom stereocenters. The second-order valence-electron chi connectivity index (χ2n) is 7.26. The van der Waals surface area contributed by atoms with Crippen molar-refractivity contribution < 1.29 is 9.53 Å². The van der Waals surface area contributed by atoms with Gasteiger partial charge in [0.15, 0.2) is 5.72 Å². The van der Waals surface area contributed by atoms with Crippen LogP contribution in [0.1, 0.15) is 30.3 Å². The van der Waals surface area contributed by atoms with Crippen LogP contribution in [0.5, 0.6) is 0 Å². The van der Waals surface area contributed by atoms with Crippen molar-refractivity contribution >= 4 is 5.91 Å². The van der Waals surface area contributed by atoms with E-state index in [1.54, 1.807) is 0 Å². The first kappa shape index (κ1) is 15.1. The smallest absolute Gasteiger partial charge is 0.226 e. The van der Waals surface area contributed by atoms with Crippen LogP contribution in [-0.2, 0) is 23.1 Å². The van der Waals surface area contributed by atoms with Gasteiger partial charge in [-0.2, -0.15) is 0 Å². The SMILES string of the molecule is Cn1ccnc1CN1CC[C@@]23O[C@@H](c4ccccc4)CN2C(=O)C[C@@H]13. The predicted octanol–water partition coefficient (Wildman–Crippen LogP) is 1.69. The molecule has 5 rings (SSSR count).